The minimum absolute atomic E-state index is 0.0217. The summed E-state index contributed by atoms with van der Waals surface area (Å²) in [5.74, 6) is -0.798. The highest BCUT2D eigenvalue weighted by Gasteiger charge is 2.32. The largest absolute Gasteiger partial charge is 0.355 e. The molecule has 192 valence electrons. The van der Waals surface area contributed by atoms with E-state index in [-0.39, 0.29) is 18.4 Å². The first kappa shape index (κ1) is 28.9. The van der Waals surface area contributed by atoms with Crippen LogP contribution in [0.3, 0.4) is 0 Å². The molecule has 2 amide bonds. The molecule has 0 saturated carbocycles. The van der Waals surface area contributed by atoms with Crippen molar-refractivity contribution < 1.29 is 18.0 Å². The van der Waals surface area contributed by atoms with Gasteiger partial charge >= 0.3 is 0 Å². The van der Waals surface area contributed by atoms with Crippen LogP contribution in [0.5, 0.6) is 0 Å². The van der Waals surface area contributed by atoms with Gasteiger partial charge in [-0.2, -0.15) is 0 Å². The number of nitrogens with zero attached hydrogens (tertiary/aromatic N) is 2. The number of likely N-dealkylation sites (N-methyl/N-ethyl adjacent to an activating group) is 1. The second kappa shape index (κ2) is 12.6. The Morgan fingerprint density at radius 1 is 1.06 bits per heavy atom. The van der Waals surface area contributed by atoms with Gasteiger partial charge in [-0.25, -0.2) is 8.42 Å². The molecule has 0 aromatic heterocycles. The van der Waals surface area contributed by atoms with E-state index in [9.17, 15) is 18.0 Å². The number of para-hydroxylation sites is 1. The predicted octanol–water partition coefficient (Wildman–Crippen LogP) is 4.83. The molecule has 1 unspecified atom stereocenters. The van der Waals surface area contributed by atoms with Crippen molar-refractivity contribution in [3.05, 3.63) is 63.6 Å². The molecule has 0 radical (unpaired) electrons. The summed E-state index contributed by atoms with van der Waals surface area (Å²) in [6, 6.07) is 11.2. The van der Waals surface area contributed by atoms with Gasteiger partial charge in [0.1, 0.15) is 12.6 Å². The predicted molar refractivity (Wildman–Crippen MR) is 142 cm³/mol. The Hall–Kier alpha value is -2.29. The van der Waals surface area contributed by atoms with Crippen LogP contribution in [0.15, 0.2) is 42.5 Å². The Labute approximate surface area is 218 Å². The number of halogens is 2. The van der Waals surface area contributed by atoms with Crippen molar-refractivity contribution in [1.82, 2.24) is 10.2 Å². The fourth-order valence-electron chi connectivity index (χ4n) is 3.84. The third-order valence-corrected chi connectivity index (χ3v) is 7.31. The fourth-order valence-corrected chi connectivity index (χ4v) is 5.18. The zero-order valence-electron chi connectivity index (χ0n) is 20.7. The average Bonchev–Trinajstić information content (AvgIpc) is 2.78. The van der Waals surface area contributed by atoms with Crippen molar-refractivity contribution in [1.29, 1.82) is 0 Å². The van der Waals surface area contributed by atoms with Crippen LogP contribution in [-0.2, 0) is 26.2 Å². The Morgan fingerprint density at radius 3 is 2.26 bits per heavy atom. The summed E-state index contributed by atoms with van der Waals surface area (Å²) in [5.41, 5.74) is 1.84. The zero-order chi connectivity index (χ0) is 26.3. The van der Waals surface area contributed by atoms with Crippen LogP contribution in [0.1, 0.15) is 51.2 Å². The molecule has 35 heavy (non-hydrogen) atoms. The van der Waals surface area contributed by atoms with Crippen LogP contribution in [0.25, 0.3) is 0 Å². The van der Waals surface area contributed by atoms with Crippen LogP contribution in [0, 0.1) is 0 Å². The number of hydrogen-bond acceptors (Lipinski definition) is 4. The molecule has 0 saturated heterocycles. The summed E-state index contributed by atoms with van der Waals surface area (Å²) < 4.78 is 26.8. The molecule has 0 fully saturated rings. The number of rotatable bonds is 11. The maximum absolute atomic E-state index is 13.7. The van der Waals surface area contributed by atoms with E-state index in [1.54, 1.807) is 44.2 Å². The third kappa shape index (κ3) is 7.59. The number of benzene rings is 2. The first-order valence-corrected chi connectivity index (χ1v) is 14.1. The molecule has 1 atom stereocenters. The van der Waals surface area contributed by atoms with Gasteiger partial charge in [0.2, 0.25) is 21.8 Å². The van der Waals surface area contributed by atoms with E-state index >= 15 is 0 Å². The molecular weight excluding hydrogens is 509 g/mol. The van der Waals surface area contributed by atoms with Crippen LogP contribution in [0.2, 0.25) is 10.0 Å². The van der Waals surface area contributed by atoms with Gasteiger partial charge in [-0.15, -0.1) is 0 Å². The molecule has 2 aromatic rings. The van der Waals surface area contributed by atoms with Crippen molar-refractivity contribution in [3.63, 3.8) is 0 Å². The maximum Gasteiger partial charge on any atom is 0.244 e. The summed E-state index contributed by atoms with van der Waals surface area (Å²) in [5, 5.41) is 3.56. The fraction of sp³-hybridized carbons (Fsp3) is 0.440. The molecule has 0 aliphatic heterocycles. The summed E-state index contributed by atoms with van der Waals surface area (Å²) >= 11 is 12.4. The number of carbonyl (C=O) groups is 2. The highest BCUT2D eigenvalue weighted by atomic mass is 35.5. The number of anilines is 1. The number of nitrogens with one attached hydrogen (secondary N) is 1. The van der Waals surface area contributed by atoms with Gasteiger partial charge in [0, 0.05) is 23.1 Å². The molecule has 0 aliphatic carbocycles. The first-order chi connectivity index (χ1) is 16.4. The van der Waals surface area contributed by atoms with Gasteiger partial charge in [0.25, 0.3) is 0 Å². The van der Waals surface area contributed by atoms with Gasteiger partial charge in [0.15, 0.2) is 0 Å². The highest BCUT2D eigenvalue weighted by Crippen LogP contribution is 2.30. The van der Waals surface area contributed by atoms with Crippen LogP contribution >= 0.6 is 23.2 Å². The molecule has 0 aliphatic rings. The molecule has 7 nitrogen and oxygen atoms in total. The third-order valence-electron chi connectivity index (χ3n) is 5.60. The van der Waals surface area contributed by atoms with Crippen molar-refractivity contribution in [3.8, 4) is 0 Å². The normalized spacial score (nSPS) is 12.3. The smallest absolute Gasteiger partial charge is 0.244 e. The van der Waals surface area contributed by atoms with E-state index in [1.165, 1.54) is 4.90 Å². The first-order valence-electron chi connectivity index (χ1n) is 11.5. The lowest BCUT2D eigenvalue weighted by molar-refractivity contribution is -0.140. The molecule has 2 aromatic carbocycles. The maximum atomic E-state index is 13.7. The number of sulfonamides is 1. The van der Waals surface area contributed by atoms with Crippen molar-refractivity contribution in [2.75, 3.05) is 23.7 Å². The monoisotopic (exact) mass is 541 g/mol. The van der Waals surface area contributed by atoms with Gasteiger partial charge in [-0.1, -0.05) is 68.2 Å². The minimum atomic E-state index is -3.81. The van der Waals surface area contributed by atoms with Crippen molar-refractivity contribution in [2.24, 2.45) is 0 Å². The summed E-state index contributed by atoms with van der Waals surface area (Å²) in [4.78, 5) is 28.0. The summed E-state index contributed by atoms with van der Waals surface area (Å²) in [7, 11) is -3.81. The van der Waals surface area contributed by atoms with E-state index < -0.39 is 28.5 Å². The Kier molecular flexibility index (Phi) is 10.4. The SMILES string of the molecule is CCNC(=O)C(CC)N(Cc1ccc(Cl)cc1Cl)C(=O)CN(c1ccccc1C(C)C)S(C)(=O)=O. The second-order valence-electron chi connectivity index (χ2n) is 8.56. The van der Waals surface area contributed by atoms with Crippen LogP contribution in [-0.4, -0.2) is 50.5 Å². The van der Waals surface area contributed by atoms with Gasteiger partial charge in [0.05, 0.1) is 11.9 Å². The van der Waals surface area contributed by atoms with E-state index in [0.717, 1.165) is 16.1 Å². The van der Waals surface area contributed by atoms with Gasteiger partial charge < -0.3 is 10.2 Å². The topological polar surface area (TPSA) is 86.8 Å². The average molecular weight is 543 g/mol. The van der Waals surface area contributed by atoms with Crippen LogP contribution < -0.4 is 9.62 Å². The molecule has 10 heteroatoms. The number of hydrogen-bond donors (Lipinski definition) is 1. The van der Waals surface area contributed by atoms with Crippen molar-refractivity contribution in [2.45, 2.75) is 52.6 Å². The second-order valence-corrected chi connectivity index (χ2v) is 11.3. The van der Waals surface area contributed by atoms with Crippen molar-refractivity contribution >= 4 is 50.7 Å². The summed E-state index contributed by atoms with van der Waals surface area (Å²) in [6.45, 7) is 7.47. The number of amides is 2. The lowest BCUT2D eigenvalue weighted by Crippen LogP contribution is -2.52. The minimum Gasteiger partial charge on any atom is -0.355 e. The van der Waals surface area contributed by atoms with Gasteiger partial charge in [-0.05, 0) is 48.6 Å². The molecule has 0 heterocycles. The molecule has 0 spiro atoms. The van der Waals surface area contributed by atoms with Crippen LogP contribution in [0.4, 0.5) is 5.69 Å². The van der Waals surface area contributed by atoms with Gasteiger partial charge in [-0.3, -0.25) is 13.9 Å². The van der Waals surface area contributed by atoms with E-state index in [0.29, 0.717) is 34.3 Å². The Bertz CT molecular complexity index is 1160. The zero-order valence-corrected chi connectivity index (χ0v) is 23.0. The number of carbonyl (C=O) groups excluding carboxylic acids is 2. The molecule has 0 bridgehead atoms. The van der Waals surface area contributed by atoms with E-state index in [2.05, 4.69) is 5.32 Å². The molecule has 2 rings (SSSR count). The Morgan fingerprint density at radius 2 is 1.71 bits per heavy atom. The molecule has 1 N–H and O–H groups in total. The van der Waals surface area contributed by atoms with E-state index in [4.69, 9.17) is 23.2 Å². The standard InChI is InChI=1S/C25H33Cl2N3O4S/c1-6-22(25(32)28-7-2)29(15-18-12-13-19(26)14-21(18)27)24(31)16-30(35(5,33)34)23-11-9-8-10-20(23)17(3)4/h8-14,17,22H,6-7,15-16H2,1-5H3,(H,28,32). The van der Waals surface area contributed by atoms with E-state index in [1.807, 2.05) is 26.0 Å². The lowest BCUT2D eigenvalue weighted by Gasteiger charge is -2.33. The quantitative estimate of drug-likeness (QED) is 0.441. The highest BCUT2D eigenvalue weighted by molar-refractivity contribution is 7.92. The summed E-state index contributed by atoms with van der Waals surface area (Å²) in [6.07, 6.45) is 1.41. The Balaban J connectivity index is 2.53. The lowest BCUT2D eigenvalue weighted by atomic mass is 10.0. The molecular formula is C25H33Cl2N3O4S.